The molecule has 1 aromatic rings. The molecule has 1 unspecified atom stereocenters. The second-order valence-corrected chi connectivity index (χ2v) is 8.32. The average Bonchev–Trinajstić information content (AvgIpc) is 3.39. The number of carbonyl (C=O) groups is 4. The third-order valence-corrected chi connectivity index (χ3v) is 6.13. The Morgan fingerprint density at radius 2 is 1.92 bits per heavy atom. The minimum absolute atomic E-state index is 0.0715. The Morgan fingerprint density at radius 3 is 2.61 bits per heavy atom. The molecule has 2 N–H and O–H groups in total. The van der Waals surface area contributed by atoms with E-state index < -0.39 is 42.3 Å². The summed E-state index contributed by atoms with van der Waals surface area (Å²) in [6.45, 7) is 6.22. The van der Waals surface area contributed by atoms with Gasteiger partial charge in [0.25, 0.3) is 5.91 Å². The van der Waals surface area contributed by atoms with E-state index in [1.54, 1.807) is 0 Å². The number of carbonyl (C=O) groups excluding carboxylic acids is 4. The fourth-order valence-corrected chi connectivity index (χ4v) is 4.67. The first-order valence-corrected chi connectivity index (χ1v) is 11.4. The van der Waals surface area contributed by atoms with Gasteiger partial charge in [-0.15, -0.1) is 5.10 Å². The highest BCUT2D eigenvalue weighted by molar-refractivity contribution is 7.99. The van der Waals surface area contributed by atoms with Gasteiger partial charge in [0, 0.05) is 11.3 Å². The number of rotatable bonds is 11. The van der Waals surface area contributed by atoms with Crippen LogP contribution in [-0.2, 0) is 39.9 Å². The zero-order valence-corrected chi connectivity index (χ0v) is 19.5. The van der Waals surface area contributed by atoms with Crippen molar-refractivity contribution in [1.82, 2.24) is 30.2 Å². The lowest BCUT2D eigenvalue weighted by Crippen LogP contribution is -2.74. The summed E-state index contributed by atoms with van der Waals surface area (Å²) >= 11 is 1.11. The van der Waals surface area contributed by atoms with Gasteiger partial charge in [0.1, 0.15) is 32.6 Å². The smallest absolute Gasteiger partial charge is 0.430 e. The number of ether oxygens (including phenoxy) is 4. The number of tetrazole rings is 1. The summed E-state index contributed by atoms with van der Waals surface area (Å²) < 4.78 is 22.1. The van der Waals surface area contributed by atoms with E-state index in [1.807, 2.05) is 0 Å². The number of amides is 2. The molecule has 4 heterocycles. The molecule has 0 saturated carbocycles. The largest absolute Gasteiger partial charge is 0.528 e. The zero-order valence-electron chi connectivity index (χ0n) is 18.7. The Bertz CT molecular complexity index is 1120. The molecule has 36 heavy (non-hydrogen) atoms. The summed E-state index contributed by atoms with van der Waals surface area (Å²) in [5.74, 6) is -1.09. The normalized spacial score (nSPS) is 22.4. The molecule has 3 aliphatic heterocycles. The van der Waals surface area contributed by atoms with Crippen LogP contribution in [0.3, 0.4) is 0 Å². The minimum Gasteiger partial charge on any atom is -0.430 e. The van der Waals surface area contributed by atoms with Crippen LogP contribution in [0.2, 0.25) is 0 Å². The van der Waals surface area contributed by atoms with Crippen LogP contribution in [0.25, 0.3) is 0 Å². The molecule has 0 aliphatic carbocycles. The lowest BCUT2D eigenvalue weighted by molar-refractivity contribution is -0.272. The number of hydrogen-bond donors (Lipinski definition) is 1. The van der Waals surface area contributed by atoms with Gasteiger partial charge in [-0.3, -0.25) is 14.5 Å². The number of aromatic nitrogens is 4. The number of hydrogen-bond acceptors (Lipinski definition) is 14. The monoisotopic (exact) mass is 523 g/mol. The first kappa shape index (κ1) is 25.1. The quantitative estimate of drug-likeness (QED) is 0.166. The first-order chi connectivity index (χ1) is 17.3. The van der Waals surface area contributed by atoms with E-state index in [2.05, 4.69) is 28.7 Å². The molecular weight excluding hydrogens is 502 g/mol. The van der Waals surface area contributed by atoms with Crippen molar-refractivity contribution in [1.29, 1.82) is 0 Å². The van der Waals surface area contributed by atoms with E-state index in [9.17, 15) is 19.2 Å². The van der Waals surface area contributed by atoms with Crippen molar-refractivity contribution >= 4 is 35.9 Å². The van der Waals surface area contributed by atoms with Crippen LogP contribution in [0.15, 0.2) is 41.9 Å². The van der Waals surface area contributed by atoms with Crippen molar-refractivity contribution in [3.05, 3.63) is 36.8 Å². The fourth-order valence-electron chi connectivity index (χ4n) is 3.76. The highest BCUT2D eigenvalue weighted by atomic mass is 32.2. The van der Waals surface area contributed by atoms with Crippen LogP contribution in [0.4, 0.5) is 9.59 Å². The predicted octanol–water partition coefficient (Wildman–Crippen LogP) is -0.693. The summed E-state index contributed by atoms with van der Waals surface area (Å²) in [5, 5.41) is 12.4. The topological polar surface area (TPSA) is 191 Å². The van der Waals surface area contributed by atoms with Gasteiger partial charge in [0.15, 0.2) is 6.04 Å². The van der Waals surface area contributed by atoms with Gasteiger partial charge < -0.3 is 29.5 Å². The number of nitrogens with two attached hydrogens (primary N) is 1. The highest BCUT2D eigenvalue weighted by Gasteiger charge is 2.65. The Labute approximate surface area is 207 Å². The van der Waals surface area contributed by atoms with Crippen molar-refractivity contribution in [3.63, 3.8) is 0 Å². The summed E-state index contributed by atoms with van der Waals surface area (Å²) in [6, 6.07) is -1.55. The van der Waals surface area contributed by atoms with Crippen molar-refractivity contribution in [2.24, 2.45) is 5.73 Å². The second kappa shape index (κ2) is 10.8. The van der Waals surface area contributed by atoms with Gasteiger partial charge >= 0.3 is 12.3 Å². The Hall–Kier alpha value is -3.96. The summed E-state index contributed by atoms with van der Waals surface area (Å²) in [6.07, 6.45) is -0.0713. The molecule has 1 aromatic heterocycles. The van der Waals surface area contributed by atoms with Gasteiger partial charge in [0.05, 0.1) is 6.04 Å². The van der Waals surface area contributed by atoms with Crippen LogP contribution in [0.1, 0.15) is 0 Å². The Kier molecular flexibility index (Phi) is 7.51. The lowest BCUT2D eigenvalue weighted by atomic mass is 9.90. The third kappa shape index (κ3) is 4.88. The molecule has 3 atom stereocenters. The molecule has 2 fully saturated rings. The van der Waals surface area contributed by atoms with Gasteiger partial charge in [-0.05, 0) is 10.4 Å². The second-order valence-electron chi connectivity index (χ2n) is 7.37. The van der Waals surface area contributed by atoms with Crippen molar-refractivity contribution < 1.29 is 43.0 Å². The van der Waals surface area contributed by atoms with Gasteiger partial charge in [-0.2, -0.15) is 0 Å². The molecule has 192 valence electrons. The molecule has 4 rings (SSSR count). The summed E-state index contributed by atoms with van der Waals surface area (Å²) in [4.78, 5) is 54.7. The standard InChI is InChI=1S/C19H21N7O9S/c1-3-5-31-18(29)34-16-10(8-36-17-21-22-23-24(17)7-11(20)27)14-12-13(15(28)26(12)16)25(9-33-14)35-19(30)32-6-4-2/h3-4,12-14H,1-2,5-9H2,(H2,20,27)/t12-,13-,14?/m0/s1. The number of primary amides is 1. The Balaban J connectivity index is 1.54. The Morgan fingerprint density at radius 1 is 1.19 bits per heavy atom. The van der Waals surface area contributed by atoms with E-state index in [4.69, 9.17) is 29.5 Å². The van der Waals surface area contributed by atoms with E-state index in [0.717, 1.165) is 16.8 Å². The molecule has 3 aliphatic rings. The molecule has 17 heteroatoms. The molecule has 0 radical (unpaired) electrons. The average molecular weight is 523 g/mol. The summed E-state index contributed by atoms with van der Waals surface area (Å²) in [5.41, 5.74) is 5.65. The zero-order chi connectivity index (χ0) is 25.8. The third-order valence-electron chi connectivity index (χ3n) is 5.12. The van der Waals surface area contributed by atoms with Crippen LogP contribution in [-0.4, -0.2) is 98.2 Å². The highest BCUT2D eigenvalue weighted by Crippen LogP contribution is 2.46. The number of hydroxylamine groups is 2. The maximum Gasteiger partial charge on any atom is 0.528 e. The van der Waals surface area contributed by atoms with Gasteiger partial charge in [-0.25, -0.2) is 14.3 Å². The molecule has 16 nitrogen and oxygen atoms in total. The van der Waals surface area contributed by atoms with E-state index >= 15 is 0 Å². The molecule has 0 spiro atoms. The van der Waals surface area contributed by atoms with Gasteiger partial charge in [0.2, 0.25) is 16.9 Å². The van der Waals surface area contributed by atoms with Crippen LogP contribution < -0.4 is 5.73 Å². The minimum atomic E-state index is -1.05. The van der Waals surface area contributed by atoms with E-state index in [1.165, 1.54) is 21.7 Å². The van der Waals surface area contributed by atoms with Crippen LogP contribution in [0, 0.1) is 0 Å². The molecular formula is C19H21N7O9S. The van der Waals surface area contributed by atoms with Crippen LogP contribution in [0.5, 0.6) is 0 Å². The lowest BCUT2D eigenvalue weighted by Gasteiger charge is -2.50. The maximum absolute atomic E-state index is 13.0. The fraction of sp³-hybridized carbons (Fsp3) is 0.421. The number of β-lactam (4-membered cyclic amide) rings is 1. The molecule has 2 amide bonds. The SMILES string of the molecule is C=CCOC(=O)OC1=C(CSc2nnnn2CC(N)=O)C2OCN(OC(=O)OCC=C)[C@@H]3C(=O)N1[C@H]23. The van der Waals surface area contributed by atoms with Crippen molar-refractivity contribution in [2.75, 3.05) is 25.7 Å². The first-order valence-electron chi connectivity index (χ1n) is 10.4. The predicted molar refractivity (Wildman–Crippen MR) is 116 cm³/mol. The molecule has 0 aromatic carbocycles. The van der Waals surface area contributed by atoms with Crippen molar-refractivity contribution in [3.8, 4) is 0 Å². The maximum atomic E-state index is 13.0. The van der Waals surface area contributed by atoms with Gasteiger partial charge in [-0.1, -0.05) is 42.1 Å². The molecule has 2 saturated heterocycles. The molecule has 0 bridgehead atoms. The number of thioether (sulfide) groups is 1. The van der Waals surface area contributed by atoms with E-state index in [0.29, 0.717) is 5.57 Å². The van der Waals surface area contributed by atoms with Crippen molar-refractivity contribution in [2.45, 2.75) is 29.9 Å². The van der Waals surface area contributed by atoms with E-state index in [-0.39, 0.29) is 43.3 Å². The summed E-state index contributed by atoms with van der Waals surface area (Å²) in [7, 11) is 0. The number of nitrogens with zero attached hydrogens (tertiary/aromatic N) is 6. The van der Waals surface area contributed by atoms with Crippen LogP contribution >= 0.6 is 11.8 Å².